The first-order valence-corrected chi connectivity index (χ1v) is 5.96. The summed E-state index contributed by atoms with van der Waals surface area (Å²) in [6.45, 7) is 1.68. The van der Waals surface area contributed by atoms with Crippen molar-refractivity contribution in [3.63, 3.8) is 0 Å². The number of hydrogen-bond acceptors (Lipinski definition) is 4. The molecule has 2 aromatic rings. The molecular weight excluding hydrogens is 260 g/mol. The minimum absolute atomic E-state index is 0.0220. The number of carboxylic acid groups (broad SMARTS) is 1. The van der Waals surface area contributed by atoms with Crippen LogP contribution in [0.3, 0.4) is 0 Å². The fraction of sp³-hybridized carbons (Fsp3) is 0.133. The molecule has 0 amide bonds. The van der Waals surface area contributed by atoms with Gasteiger partial charge in [-0.2, -0.15) is 0 Å². The first-order chi connectivity index (χ1) is 9.50. The van der Waals surface area contributed by atoms with Crippen LogP contribution in [-0.2, 0) is 6.61 Å². The van der Waals surface area contributed by atoms with Crippen molar-refractivity contribution in [1.29, 1.82) is 0 Å². The third kappa shape index (κ3) is 2.66. The highest BCUT2D eigenvalue weighted by atomic mass is 16.5. The molecular formula is C15H14O5. The largest absolute Gasteiger partial charge is 0.504 e. The standard InChI is InChI=1S/C15H14O5/c1-9-11(15(18)19)7-12(16)13(17)14(9)20-8-10-5-3-2-4-6-10/h2-7,16-17H,8H2,1H3,(H,18,19). The van der Waals surface area contributed by atoms with E-state index in [1.54, 1.807) is 0 Å². The van der Waals surface area contributed by atoms with Gasteiger partial charge in [0.15, 0.2) is 11.5 Å². The van der Waals surface area contributed by atoms with Gasteiger partial charge in [-0.1, -0.05) is 30.3 Å². The summed E-state index contributed by atoms with van der Waals surface area (Å²) >= 11 is 0. The molecule has 0 aliphatic rings. The van der Waals surface area contributed by atoms with Crippen LogP contribution in [0, 0.1) is 6.92 Å². The van der Waals surface area contributed by atoms with Gasteiger partial charge in [0.2, 0.25) is 5.75 Å². The maximum absolute atomic E-state index is 11.1. The summed E-state index contributed by atoms with van der Waals surface area (Å²) in [5, 5.41) is 28.4. The van der Waals surface area contributed by atoms with Gasteiger partial charge < -0.3 is 20.1 Å². The van der Waals surface area contributed by atoms with Gasteiger partial charge in [0.25, 0.3) is 0 Å². The summed E-state index contributed by atoms with van der Waals surface area (Å²) in [7, 11) is 0. The van der Waals surface area contributed by atoms with Gasteiger partial charge in [-0.15, -0.1) is 0 Å². The molecule has 20 heavy (non-hydrogen) atoms. The van der Waals surface area contributed by atoms with Crippen molar-refractivity contribution in [1.82, 2.24) is 0 Å². The quantitative estimate of drug-likeness (QED) is 0.746. The van der Waals surface area contributed by atoms with E-state index in [1.165, 1.54) is 6.92 Å². The number of rotatable bonds is 4. The summed E-state index contributed by atoms with van der Waals surface area (Å²) in [6.07, 6.45) is 0. The minimum Gasteiger partial charge on any atom is -0.504 e. The number of aromatic carboxylic acids is 1. The third-order valence-corrected chi connectivity index (χ3v) is 2.94. The van der Waals surface area contributed by atoms with Crippen molar-refractivity contribution in [2.45, 2.75) is 13.5 Å². The Morgan fingerprint density at radius 2 is 1.85 bits per heavy atom. The van der Waals surface area contributed by atoms with Crippen LogP contribution in [-0.4, -0.2) is 21.3 Å². The maximum Gasteiger partial charge on any atom is 0.336 e. The lowest BCUT2D eigenvalue weighted by molar-refractivity contribution is 0.0695. The number of phenolic OH excluding ortho intramolecular Hbond substituents is 2. The van der Waals surface area contributed by atoms with E-state index in [9.17, 15) is 15.0 Å². The topological polar surface area (TPSA) is 87.0 Å². The zero-order chi connectivity index (χ0) is 14.7. The van der Waals surface area contributed by atoms with Crippen molar-refractivity contribution >= 4 is 5.97 Å². The van der Waals surface area contributed by atoms with Crippen molar-refractivity contribution in [2.24, 2.45) is 0 Å². The molecule has 0 fully saturated rings. The summed E-state index contributed by atoms with van der Waals surface area (Å²) < 4.78 is 5.45. The number of ether oxygens (including phenoxy) is 1. The Hall–Kier alpha value is -2.69. The van der Waals surface area contributed by atoms with Crippen molar-refractivity contribution in [3.05, 3.63) is 53.1 Å². The van der Waals surface area contributed by atoms with Crippen LogP contribution in [0.25, 0.3) is 0 Å². The van der Waals surface area contributed by atoms with E-state index in [4.69, 9.17) is 9.84 Å². The summed E-state index contributed by atoms with van der Waals surface area (Å²) in [5.41, 5.74) is 1.03. The molecule has 2 rings (SSSR count). The van der Waals surface area contributed by atoms with E-state index < -0.39 is 17.5 Å². The molecule has 3 N–H and O–H groups in total. The molecule has 0 unspecified atom stereocenters. The van der Waals surface area contributed by atoms with E-state index in [1.807, 2.05) is 30.3 Å². The number of benzene rings is 2. The normalized spacial score (nSPS) is 10.2. The van der Waals surface area contributed by atoms with Crippen LogP contribution < -0.4 is 4.74 Å². The van der Waals surface area contributed by atoms with Crippen molar-refractivity contribution in [2.75, 3.05) is 0 Å². The zero-order valence-corrected chi connectivity index (χ0v) is 10.8. The van der Waals surface area contributed by atoms with Crippen LogP contribution >= 0.6 is 0 Å². The smallest absolute Gasteiger partial charge is 0.336 e. The first kappa shape index (κ1) is 13.7. The van der Waals surface area contributed by atoms with Gasteiger partial charge in [-0.3, -0.25) is 0 Å². The van der Waals surface area contributed by atoms with Crippen molar-refractivity contribution in [3.8, 4) is 17.2 Å². The predicted molar refractivity (Wildman–Crippen MR) is 72.2 cm³/mol. The van der Waals surface area contributed by atoms with Crippen LogP contribution in [0.1, 0.15) is 21.5 Å². The van der Waals surface area contributed by atoms with E-state index in [0.29, 0.717) is 0 Å². The lowest BCUT2D eigenvalue weighted by Gasteiger charge is -2.14. The first-order valence-electron chi connectivity index (χ1n) is 5.96. The molecule has 0 aliphatic carbocycles. The van der Waals surface area contributed by atoms with Crippen molar-refractivity contribution < 1.29 is 24.9 Å². The highest BCUT2D eigenvalue weighted by Gasteiger charge is 2.19. The Kier molecular flexibility index (Phi) is 3.79. The number of hydrogen-bond donors (Lipinski definition) is 3. The molecule has 2 aromatic carbocycles. The van der Waals surface area contributed by atoms with Crippen LogP contribution in [0.5, 0.6) is 17.2 Å². The fourth-order valence-corrected chi connectivity index (χ4v) is 1.86. The molecule has 0 bridgehead atoms. The SMILES string of the molecule is Cc1c(C(=O)O)cc(O)c(O)c1OCc1ccccc1. The lowest BCUT2D eigenvalue weighted by atomic mass is 10.1. The highest BCUT2D eigenvalue weighted by molar-refractivity contribution is 5.91. The molecule has 0 aromatic heterocycles. The second-order valence-corrected chi connectivity index (χ2v) is 4.33. The summed E-state index contributed by atoms with van der Waals surface area (Å²) in [6, 6.07) is 10.2. The van der Waals surface area contributed by atoms with E-state index >= 15 is 0 Å². The molecule has 0 radical (unpaired) electrons. The molecule has 5 heteroatoms. The zero-order valence-electron chi connectivity index (χ0n) is 10.8. The molecule has 104 valence electrons. The van der Waals surface area contributed by atoms with E-state index in [2.05, 4.69) is 0 Å². The Balaban J connectivity index is 2.33. The Morgan fingerprint density at radius 3 is 2.45 bits per heavy atom. The van der Waals surface area contributed by atoms with E-state index in [-0.39, 0.29) is 23.5 Å². The summed E-state index contributed by atoms with van der Waals surface area (Å²) in [5.74, 6) is -2.19. The number of carboxylic acids is 1. The molecule has 0 saturated heterocycles. The second kappa shape index (κ2) is 5.52. The Labute approximate surface area is 115 Å². The van der Waals surface area contributed by atoms with Gasteiger partial charge >= 0.3 is 5.97 Å². The third-order valence-electron chi connectivity index (χ3n) is 2.94. The summed E-state index contributed by atoms with van der Waals surface area (Å²) in [4.78, 5) is 11.1. The fourth-order valence-electron chi connectivity index (χ4n) is 1.86. The number of carbonyl (C=O) groups is 1. The molecule has 0 heterocycles. The number of phenols is 2. The maximum atomic E-state index is 11.1. The molecule has 0 atom stereocenters. The molecule has 0 saturated carbocycles. The van der Waals surface area contributed by atoms with E-state index in [0.717, 1.165) is 11.6 Å². The van der Waals surface area contributed by atoms with Crippen LogP contribution in [0.4, 0.5) is 0 Å². The average Bonchev–Trinajstić information content (AvgIpc) is 2.43. The van der Waals surface area contributed by atoms with Crippen LogP contribution in [0.2, 0.25) is 0 Å². The van der Waals surface area contributed by atoms with Gasteiger partial charge in [0.1, 0.15) is 6.61 Å². The second-order valence-electron chi connectivity index (χ2n) is 4.33. The van der Waals surface area contributed by atoms with Gasteiger partial charge in [0.05, 0.1) is 5.56 Å². The minimum atomic E-state index is -1.19. The predicted octanol–water partition coefficient (Wildman–Crippen LogP) is 2.68. The van der Waals surface area contributed by atoms with Gasteiger partial charge in [-0.05, 0) is 18.6 Å². The average molecular weight is 274 g/mol. The Bertz CT molecular complexity index is 634. The van der Waals surface area contributed by atoms with Gasteiger partial charge in [0, 0.05) is 5.56 Å². The number of aromatic hydroxyl groups is 2. The molecule has 5 nitrogen and oxygen atoms in total. The highest BCUT2D eigenvalue weighted by Crippen LogP contribution is 2.40. The molecule has 0 spiro atoms. The Morgan fingerprint density at radius 1 is 1.20 bits per heavy atom. The molecule has 0 aliphatic heterocycles. The van der Waals surface area contributed by atoms with Gasteiger partial charge in [-0.25, -0.2) is 4.79 Å². The lowest BCUT2D eigenvalue weighted by Crippen LogP contribution is -2.04. The van der Waals surface area contributed by atoms with Crippen LogP contribution in [0.15, 0.2) is 36.4 Å². The monoisotopic (exact) mass is 274 g/mol.